The molecule has 0 saturated heterocycles. The monoisotopic (exact) mass is 360 g/mol. The first kappa shape index (κ1) is 17.9. The van der Waals surface area contributed by atoms with E-state index in [1.54, 1.807) is 0 Å². The first-order valence-electron chi connectivity index (χ1n) is 8.73. The Bertz CT molecular complexity index is 779. The minimum atomic E-state index is -1.38. The van der Waals surface area contributed by atoms with Crippen molar-refractivity contribution in [3.63, 3.8) is 0 Å². The van der Waals surface area contributed by atoms with E-state index in [9.17, 15) is 0 Å². The Hall–Kier alpha value is -1.95. The molecule has 0 amide bonds. The molecule has 3 rings (SSSR count). The molecule has 0 nitrogen and oxygen atoms in total. The standard InChI is InChI=1S/C23H25PSi/c1-25(2,3)19-23(20-13-7-4-8-14-20)24(21-15-9-5-10-16-21)22-17-11-6-12-18-22/h4-19H,1-3H3/b23-19-. The number of rotatable bonds is 5. The Labute approximate surface area is 154 Å². The van der Waals surface area contributed by atoms with Crippen molar-refractivity contribution in [2.24, 2.45) is 0 Å². The maximum absolute atomic E-state index is 2.59. The average Bonchev–Trinajstić information content (AvgIpc) is 2.63. The molecular formula is C23H25PSi. The van der Waals surface area contributed by atoms with Crippen LogP contribution in [0.2, 0.25) is 19.6 Å². The third-order valence-corrected chi connectivity index (χ3v) is 7.80. The van der Waals surface area contributed by atoms with Crippen LogP contribution in [0.5, 0.6) is 0 Å². The highest BCUT2D eigenvalue weighted by atomic mass is 31.1. The summed E-state index contributed by atoms with van der Waals surface area (Å²) in [6, 6.07) is 32.9. The quantitative estimate of drug-likeness (QED) is 0.384. The van der Waals surface area contributed by atoms with Gasteiger partial charge in [-0.05, 0) is 29.4 Å². The molecule has 0 heterocycles. The van der Waals surface area contributed by atoms with Crippen LogP contribution >= 0.6 is 7.92 Å². The lowest BCUT2D eigenvalue weighted by Crippen LogP contribution is -2.19. The maximum atomic E-state index is 2.59. The van der Waals surface area contributed by atoms with Gasteiger partial charge in [-0.2, -0.15) is 0 Å². The molecular weight excluding hydrogens is 335 g/mol. The van der Waals surface area contributed by atoms with Gasteiger partial charge in [-0.3, -0.25) is 0 Å². The van der Waals surface area contributed by atoms with E-state index in [2.05, 4.69) is 116 Å². The summed E-state index contributed by atoms with van der Waals surface area (Å²) in [4.78, 5) is 0. The summed E-state index contributed by atoms with van der Waals surface area (Å²) >= 11 is 0. The van der Waals surface area contributed by atoms with Gasteiger partial charge in [-0.15, -0.1) is 0 Å². The van der Waals surface area contributed by atoms with Gasteiger partial charge in [0.05, 0.1) is 8.07 Å². The smallest absolute Gasteiger partial charge is 0.0695 e. The highest BCUT2D eigenvalue weighted by molar-refractivity contribution is 7.82. The number of benzene rings is 3. The third kappa shape index (κ3) is 4.78. The molecule has 0 unspecified atom stereocenters. The average molecular weight is 361 g/mol. The fourth-order valence-electron chi connectivity index (χ4n) is 2.88. The van der Waals surface area contributed by atoms with Gasteiger partial charge >= 0.3 is 0 Å². The Kier molecular flexibility index (Phi) is 5.68. The van der Waals surface area contributed by atoms with Gasteiger partial charge in [-0.25, -0.2) is 0 Å². The number of hydrogen-bond acceptors (Lipinski definition) is 0. The molecule has 0 atom stereocenters. The normalized spacial score (nSPS) is 12.4. The zero-order valence-corrected chi connectivity index (χ0v) is 17.1. The van der Waals surface area contributed by atoms with Crippen molar-refractivity contribution in [3.05, 3.63) is 102 Å². The topological polar surface area (TPSA) is 0 Å². The van der Waals surface area contributed by atoms with Crippen molar-refractivity contribution in [2.75, 3.05) is 0 Å². The molecule has 0 radical (unpaired) electrons. The largest absolute Gasteiger partial charge is 0.0862 e. The van der Waals surface area contributed by atoms with Crippen LogP contribution in [0.3, 0.4) is 0 Å². The van der Waals surface area contributed by atoms with Crippen LogP contribution in [0.25, 0.3) is 5.31 Å². The molecule has 2 heteroatoms. The van der Waals surface area contributed by atoms with Gasteiger partial charge in [0.2, 0.25) is 0 Å². The first-order chi connectivity index (χ1) is 12.0. The van der Waals surface area contributed by atoms with E-state index in [0.29, 0.717) is 0 Å². The van der Waals surface area contributed by atoms with Gasteiger partial charge in [0, 0.05) is 0 Å². The van der Waals surface area contributed by atoms with Crippen LogP contribution in [0.1, 0.15) is 5.56 Å². The molecule has 0 aromatic heterocycles. The summed E-state index contributed by atoms with van der Waals surface area (Å²) in [6.45, 7) is 7.25. The van der Waals surface area contributed by atoms with Crippen molar-refractivity contribution in [2.45, 2.75) is 19.6 Å². The second-order valence-corrected chi connectivity index (χ2v) is 14.5. The van der Waals surface area contributed by atoms with E-state index in [0.717, 1.165) is 0 Å². The van der Waals surface area contributed by atoms with Gasteiger partial charge < -0.3 is 0 Å². The molecule has 0 aliphatic heterocycles. The van der Waals surface area contributed by atoms with E-state index < -0.39 is 16.0 Å². The molecule has 0 saturated carbocycles. The molecule has 3 aromatic rings. The third-order valence-electron chi connectivity index (χ3n) is 3.91. The van der Waals surface area contributed by atoms with Crippen LogP contribution in [0.4, 0.5) is 0 Å². The fourth-order valence-corrected chi connectivity index (χ4v) is 7.74. The Morgan fingerprint density at radius 1 is 0.640 bits per heavy atom. The Morgan fingerprint density at radius 3 is 1.44 bits per heavy atom. The van der Waals surface area contributed by atoms with Crippen molar-refractivity contribution in [3.8, 4) is 0 Å². The fraction of sp³-hybridized carbons (Fsp3) is 0.130. The lowest BCUT2D eigenvalue weighted by molar-refractivity contribution is 1.64. The van der Waals surface area contributed by atoms with E-state index >= 15 is 0 Å². The minimum absolute atomic E-state index is 0.559. The molecule has 0 bridgehead atoms. The lowest BCUT2D eigenvalue weighted by atomic mass is 10.2. The van der Waals surface area contributed by atoms with Crippen LogP contribution in [0, 0.1) is 0 Å². The van der Waals surface area contributed by atoms with E-state index in [-0.39, 0.29) is 0 Å². The zero-order chi connectivity index (χ0) is 17.7. The van der Waals surface area contributed by atoms with Crippen LogP contribution in [-0.4, -0.2) is 8.07 Å². The molecule has 0 aliphatic rings. The molecule has 25 heavy (non-hydrogen) atoms. The van der Waals surface area contributed by atoms with Crippen LogP contribution in [0.15, 0.2) is 96.7 Å². The lowest BCUT2D eigenvalue weighted by Gasteiger charge is -2.25. The van der Waals surface area contributed by atoms with Crippen molar-refractivity contribution in [1.82, 2.24) is 0 Å². The molecule has 126 valence electrons. The van der Waals surface area contributed by atoms with Crippen LogP contribution < -0.4 is 10.6 Å². The predicted octanol–water partition coefficient (Wildman–Crippen LogP) is 6.04. The Balaban J connectivity index is 2.22. The van der Waals surface area contributed by atoms with Gasteiger partial charge in [-0.1, -0.05) is 116 Å². The summed E-state index contributed by atoms with van der Waals surface area (Å²) in [5.74, 6) is 0. The van der Waals surface area contributed by atoms with Crippen molar-refractivity contribution < 1.29 is 0 Å². The maximum Gasteiger partial charge on any atom is 0.0695 e. The van der Waals surface area contributed by atoms with E-state index in [1.165, 1.54) is 21.5 Å². The minimum Gasteiger partial charge on any atom is -0.0862 e. The van der Waals surface area contributed by atoms with E-state index in [1.807, 2.05) is 0 Å². The van der Waals surface area contributed by atoms with E-state index in [4.69, 9.17) is 0 Å². The number of hydrogen-bond donors (Lipinski definition) is 0. The molecule has 0 N–H and O–H groups in total. The van der Waals surface area contributed by atoms with Crippen LogP contribution in [-0.2, 0) is 0 Å². The first-order valence-corrected chi connectivity index (χ1v) is 13.6. The predicted molar refractivity (Wildman–Crippen MR) is 117 cm³/mol. The van der Waals surface area contributed by atoms with Gasteiger partial charge in [0.1, 0.15) is 0 Å². The summed E-state index contributed by atoms with van der Waals surface area (Å²) in [5.41, 5.74) is 3.94. The summed E-state index contributed by atoms with van der Waals surface area (Å²) in [5, 5.41) is 4.32. The second-order valence-electron chi connectivity index (χ2n) is 7.27. The van der Waals surface area contributed by atoms with Gasteiger partial charge in [0.25, 0.3) is 0 Å². The van der Waals surface area contributed by atoms with Gasteiger partial charge in [0.15, 0.2) is 0 Å². The molecule has 0 fully saturated rings. The zero-order valence-electron chi connectivity index (χ0n) is 15.2. The van der Waals surface area contributed by atoms with Crippen molar-refractivity contribution >= 4 is 31.9 Å². The second kappa shape index (κ2) is 7.95. The summed E-state index contributed by atoms with van der Waals surface area (Å²) in [7, 11) is -1.94. The highest BCUT2D eigenvalue weighted by Gasteiger charge is 2.22. The van der Waals surface area contributed by atoms with Crippen molar-refractivity contribution in [1.29, 1.82) is 0 Å². The SMILES string of the molecule is C[Si](C)(C)/C=C(/c1ccccc1)P(c1ccccc1)c1ccccc1. The Morgan fingerprint density at radius 2 is 1.04 bits per heavy atom. The highest BCUT2D eigenvalue weighted by Crippen LogP contribution is 2.49. The summed E-state index contributed by atoms with van der Waals surface area (Å²) in [6.07, 6.45) is 0. The molecule has 0 spiro atoms. The molecule has 0 aliphatic carbocycles. The molecule has 3 aromatic carbocycles. The summed E-state index contributed by atoms with van der Waals surface area (Å²) < 4.78 is 0.